The minimum absolute atomic E-state index is 0.0431. The molecule has 2 heterocycles. The van der Waals surface area contributed by atoms with Crippen LogP contribution in [0.4, 0.5) is 0 Å². The van der Waals surface area contributed by atoms with Gasteiger partial charge in [-0.3, -0.25) is 4.79 Å². The molecule has 2 aromatic heterocycles. The van der Waals surface area contributed by atoms with Crippen LogP contribution in [0.2, 0.25) is 0 Å². The second kappa shape index (κ2) is 7.18. The number of hydrogen-bond donors (Lipinski definition) is 2. The molecule has 0 aliphatic rings. The zero-order valence-electron chi connectivity index (χ0n) is 15.6. The number of benzene rings is 2. The monoisotopic (exact) mass is 378 g/mol. The molecule has 0 bridgehead atoms. The van der Waals surface area contributed by atoms with Gasteiger partial charge < -0.3 is 15.0 Å². The Balaban J connectivity index is 1.97. The first-order valence-corrected chi connectivity index (χ1v) is 9.96. The van der Waals surface area contributed by atoms with Gasteiger partial charge >= 0.3 is 0 Å². The van der Waals surface area contributed by atoms with Crippen LogP contribution in [0.1, 0.15) is 25.5 Å². The average molecular weight is 378 g/mol. The molecule has 0 amide bonds. The average Bonchev–Trinajstić information content (AvgIpc) is 3.18. The van der Waals surface area contributed by atoms with Crippen molar-refractivity contribution in [2.24, 2.45) is 0 Å². The predicted octanol–water partition coefficient (Wildman–Crippen LogP) is 5.09. The molecule has 0 aliphatic heterocycles. The standard InChI is InChI=1S/C22H22N2O2S/c1-4-23-13(2)14-5-7-15(8-6-14)19-18(26-3)10-9-17-20(19)16-11-12-27-21(16)22(25)24-17/h5-13,23H,4H2,1-3H3,(H,24,25). The summed E-state index contributed by atoms with van der Waals surface area (Å²) in [4.78, 5) is 15.4. The fourth-order valence-electron chi connectivity index (χ4n) is 3.65. The number of methoxy groups -OCH3 is 1. The molecule has 1 atom stereocenters. The topological polar surface area (TPSA) is 54.1 Å². The van der Waals surface area contributed by atoms with Gasteiger partial charge in [-0.1, -0.05) is 31.2 Å². The Labute approximate surface area is 161 Å². The summed E-state index contributed by atoms with van der Waals surface area (Å²) in [6.07, 6.45) is 0. The second-order valence-electron chi connectivity index (χ2n) is 6.58. The highest BCUT2D eigenvalue weighted by atomic mass is 32.1. The first kappa shape index (κ1) is 17.8. The van der Waals surface area contributed by atoms with Crippen molar-refractivity contribution in [3.8, 4) is 16.9 Å². The van der Waals surface area contributed by atoms with Gasteiger partial charge in [0, 0.05) is 27.9 Å². The van der Waals surface area contributed by atoms with Crippen molar-refractivity contribution in [2.45, 2.75) is 19.9 Å². The van der Waals surface area contributed by atoms with Crippen molar-refractivity contribution >= 4 is 32.3 Å². The van der Waals surface area contributed by atoms with Crippen LogP contribution in [0.3, 0.4) is 0 Å². The van der Waals surface area contributed by atoms with Crippen LogP contribution in [-0.4, -0.2) is 18.6 Å². The maximum absolute atomic E-state index is 12.4. The highest BCUT2D eigenvalue weighted by Crippen LogP contribution is 2.40. The van der Waals surface area contributed by atoms with Crippen LogP contribution >= 0.6 is 11.3 Å². The Morgan fingerprint density at radius 3 is 2.63 bits per heavy atom. The van der Waals surface area contributed by atoms with Gasteiger partial charge in [0.15, 0.2) is 0 Å². The molecule has 5 heteroatoms. The molecule has 27 heavy (non-hydrogen) atoms. The number of hydrogen-bond acceptors (Lipinski definition) is 4. The Morgan fingerprint density at radius 1 is 1.15 bits per heavy atom. The third kappa shape index (κ3) is 3.03. The summed E-state index contributed by atoms with van der Waals surface area (Å²) in [7, 11) is 1.68. The zero-order valence-corrected chi connectivity index (χ0v) is 16.4. The summed E-state index contributed by atoms with van der Waals surface area (Å²) in [5.74, 6) is 0.800. The largest absolute Gasteiger partial charge is 0.496 e. The van der Waals surface area contributed by atoms with E-state index < -0.39 is 0 Å². The van der Waals surface area contributed by atoms with Crippen LogP contribution in [0.5, 0.6) is 5.75 Å². The fourth-order valence-corrected chi connectivity index (χ4v) is 4.44. The normalized spacial score (nSPS) is 12.6. The van der Waals surface area contributed by atoms with Crippen molar-refractivity contribution in [1.29, 1.82) is 0 Å². The number of rotatable bonds is 5. The number of nitrogens with one attached hydrogen (secondary N) is 2. The van der Waals surface area contributed by atoms with E-state index >= 15 is 0 Å². The van der Waals surface area contributed by atoms with E-state index in [1.54, 1.807) is 7.11 Å². The summed E-state index contributed by atoms with van der Waals surface area (Å²) < 4.78 is 6.42. The molecule has 0 saturated heterocycles. The Bertz CT molecular complexity index is 1160. The predicted molar refractivity (Wildman–Crippen MR) is 114 cm³/mol. The lowest BCUT2D eigenvalue weighted by molar-refractivity contribution is 0.417. The van der Waals surface area contributed by atoms with Crippen LogP contribution in [0, 0.1) is 0 Å². The SMILES string of the molecule is CCNC(C)c1ccc(-c2c(OC)ccc3[nH]c(=O)c4sccc4c23)cc1. The Kier molecular flexibility index (Phi) is 4.72. The van der Waals surface area contributed by atoms with Gasteiger partial charge in [0.2, 0.25) is 0 Å². The molecule has 2 aromatic carbocycles. The highest BCUT2D eigenvalue weighted by molar-refractivity contribution is 7.17. The lowest BCUT2D eigenvalue weighted by Gasteiger charge is -2.16. The molecule has 1 unspecified atom stereocenters. The minimum Gasteiger partial charge on any atom is -0.496 e. The molecule has 4 nitrogen and oxygen atoms in total. The molecule has 0 aliphatic carbocycles. The lowest BCUT2D eigenvalue weighted by atomic mass is 9.95. The van der Waals surface area contributed by atoms with Gasteiger partial charge in [-0.2, -0.15) is 0 Å². The third-order valence-electron chi connectivity index (χ3n) is 4.99. The first-order valence-electron chi connectivity index (χ1n) is 9.08. The number of thiophene rings is 1. The van der Waals surface area contributed by atoms with E-state index in [0.29, 0.717) is 6.04 Å². The smallest absolute Gasteiger partial charge is 0.266 e. The van der Waals surface area contributed by atoms with Crippen LogP contribution < -0.4 is 15.6 Å². The maximum Gasteiger partial charge on any atom is 0.266 e. The Hall–Kier alpha value is -2.63. The summed E-state index contributed by atoms with van der Waals surface area (Å²) in [5, 5.41) is 7.39. The molecular formula is C22H22N2O2S. The molecular weight excluding hydrogens is 356 g/mol. The van der Waals surface area contributed by atoms with Gasteiger partial charge in [-0.05, 0) is 48.2 Å². The quantitative estimate of drug-likeness (QED) is 0.509. The number of H-pyrrole nitrogens is 1. The lowest BCUT2D eigenvalue weighted by Crippen LogP contribution is -2.17. The van der Waals surface area contributed by atoms with Crippen molar-refractivity contribution < 1.29 is 4.74 Å². The number of pyridine rings is 1. The number of aromatic amines is 1. The molecule has 0 saturated carbocycles. The molecule has 2 N–H and O–H groups in total. The third-order valence-corrected chi connectivity index (χ3v) is 5.90. The van der Waals surface area contributed by atoms with E-state index in [1.165, 1.54) is 16.9 Å². The van der Waals surface area contributed by atoms with Gasteiger partial charge in [0.05, 0.1) is 7.11 Å². The van der Waals surface area contributed by atoms with E-state index in [2.05, 4.69) is 48.4 Å². The van der Waals surface area contributed by atoms with E-state index in [4.69, 9.17) is 4.74 Å². The van der Waals surface area contributed by atoms with Gasteiger partial charge in [0.25, 0.3) is 5.56 Å². The zero-order chi connectivity index (χ0) is 19.0. The number of ether oxygens (including phenoxy) is 1. The highest BCUT2D eigenvalue weighted by Gasteiger charge is 2.16. The van der Waals surface area contributed by atoms with Crippen molar-refractivity contribution in [2.75, 3.05) is 13.7 Å². The number of fused-ring (bicyclic) bond motifs is 3. The maximum atomic E-state index is 12.4. The first-order chi connectivity index (χ1) is 13.1. The summed E-state index contributed by atoms with van der Waals surface area (Å²) in [6, 6.07) is 14.7. The summed E-state index contributed by atoms with van der Waals surface area (Å²) in [5.41, 5.74) is 4.11. The van der Waals surface area contributed by atoms with Crippen molar-refractivity contribution in [3.05, 3.63) is 63.8 Å². The summed E-state index contributed by atoms with van der Waals surface area (Å²) >= 11 is 1.47. The molecule has 4 aromatic rings. The van der Waals surface area contributed by atoms with E-state index in [1.807, 2.05) is 23.6 Å². The van der Waals surface area contributed by atoms with Gasteiger partial charge in [0.1, 0.15) is 10.4 Å². The minimum atomic E-state index is -0.0431. The molecule has 0 radical (unpaired) electrons. The molecule has 138 valence electrons. The van der Waals surface area contributed by atoms with E-state index in [0.717, 1.165) is 44.4 Å². The molecule has 0 fully saturated rings. The molecule has 0 spiro atoms. The Morgan fingerprint density at radius 2 is 1.93 bits per heavy atom. The molecule has 4 rings (SSSR count). The van der Waals surface area contributed by atoms with Crippen molar-refractivity contribution in [3.63, 3.8) is 0 Å². The van der Waals surface area contributed by atoms with Gasteiger partial charge in [-0.25, -0.2) is 0 Å². The van der Waals surface area contributed by atoms with Crippen molar-refractivity contribution in [1.82, 2.24) is 10.3 Å². The van der Waals surface area contributed by atoms with Crippen LogP contribution in [-0.2, 0) is 0 Å². The fraction of sp³-hybridized carbons (Fsp3) is 0.227. The van der Waals surface area contributed by atoms with E-state index in [-0.39, 0.29) is 5.56 Å². The van der Waals surface area contributed by atoms with E-state index in [9.17, 15) is 4.79 Å². The van der Waals surface area contributed by atoms with Gasteiger partial charge in [-0.15, -0.1) is 11.3 Å². The van der Waals surface area contributed by atoms with Crippen LogP contribution in [0.25, 0.3) is 32.1 Å². The summed E-state index contributed by atoms with van der Waals surface area (Å²) in [6.45, 7) is 5.21. The van der Waals surface area contributed by atoms with Crippen LogP contribution in [0.15, 0.2) is 52.6 Å². The number of aromatic nitrogens is 1. The second-order valence-corrected chi connectivity index (χ2v) is 7.50.